The normalized spacial score (nSPS) is 13.6. The molecule has 0 spiro atoms. The molecule has 0 aliphatic heterocycles. The van der Waals surface area contributed by atoms with E-state index in [9.17, 15) is 8.42 Å². The van der Waals surface area contributed by atoms with Crippen LogP contribution in [0, 0.1) is 0 Å². The summed E-state index contributed by atoms with van der Waals surface area (Å²) in [6, 6.07) is 6.78. The lowest BCUT2D eigenvalue weighted by Crippen LogP contribution is -2.14. The molecule has 3 N–H and O–H groups in total. The van der Waals surface area contributed by atoms with Crippen molar-refractivity contribution < 1.29 is 8.42 Å². The van der Waals surface area contributed by atoms with Crippen molar-refractivity contribution in [3.8, 4) is 0 Å². The van der Waals surface area contributed by atoms with Crippen LogP contribution in [-0.2, 0) is 9.84 Å². The second-order valence-electron chi connectivity index (χ2n) is 4.19. The fourth-order valence-electron chi connectivity index (χ4n) is 1.63. The zero-order valence-corrected chi connectivity index (χ0v) is 11.1. The summed E-state index contributed by atoms with van der Waals surface area (Å²) >= 11 is 0. The molecule has 0 radical (unpaired) electrons. The summed E-state index contributed by atoms with van der Waals surface area (Å²) in [6.45, 7) is 0.940. The number of hydrogen-bond donors (Lipinski definition) is 2. The van der Waals surface area contributed by atoms with Crippen molar-refractivity contribution in [3.63, 3.8) is 0 Å². The molecule has 1 aromatic carbocycles. The van der Waals surface area contributed by atoms with Crippen molar-refractivity contribution in [2.24, 2.45) is 5.73 Å². The Balaban J connectivity index is 2.67. The number of hydrogen-bond acceptors (Lipinski definition) is 4. The van der Waals surface area contributed by atoms with Crippen LogP contribution in [0.4, 0.5) is 0 Å². The third-order valence-corrected chi connectivity index (χ3v) is 3.81. The van der Waals surface area contributed by atoms with Crippen LogP contribution >= 0.6 is 0 Å². The lowest BCUT2D eigenvalue weighted by molar-refractivity contribution is 0.589. The zero-order chi connectivity index (χ0) is 12.9. The van der Waals surface area contributed by atoms with Crippen LogP contribution in [0.5, 0.6) is 0 Å². The summed E-state index contributed by atoms with van der Waals surface area (Å²) < 4.78 is 22.6. The molecule has 0 heterocycles. The number of rotatable bonds is 6. The Labute approximate surface area is 103 Å². The smallest absolute Gasteiger partial charge is 0.175 e. The first-order chi connectivity index (χ1) is 7.95. The summed E-state index contributed by atoms with van der Waals surface area (Å²) in [4.78, 5) is 0.337. The van der Waals surface area contributed by atoms with Crippen LogP contribution in [0.1, 0.15) is 24.4 Å². The molecule has 1 rings (SSSR count). The first-order valence-corrected chi connectivity index (χ1v) is 7.54. The van der Waals surface area contributed by atoms with Crippen LogP contribution < -0.4 is 11.1 Å². The molecule has 0 aromatic heterocycles. The van der Waals surface area contributed by atoms with E-state index in [2.05, 4.69) is 5.32 Å². The molecule has 96 valence electrons. The van der Waals surface area contributed by atoms with E-state index in [0.717, 1.165) is 24.9 Å². The summed E-state index contributed by atoms with van der Waals surface area (Å²) in [5.41, 5.74) is 7.00. The molecule has 1 aromatic rings. The topological polar surface area (TPSA) is 72.2 Å². The summed E-state index contributed by atoms with van der Waals surface area (Å²) in [5, 5.41) is 3.07. The van der Waals surface area contributed by atoms with Gasteiger partial charge in [0.25, 0.3) is 0 Å². The van der Waals surface area contributed by atoms with Crippen molar-refractivity contribution in [2.45, 2.75) is 23.8 Å². The molecule has 4 nitrogen and oxygen atoms in total. The van der Waals surface area contributed by atoms with Gasteiger partial charge >= 0.3 is 0 Å². The van der Waals surface area contributed by atoms with Gasteiger partial charge in [-0.05, 0) is 44.1 Å². The van der Waals surface area contributed by atoms with Gasteiger partial charge in [-0.1, -0.05) is 12.1 Å². The van der Waals surface area contributed by atoms with Crippen LogP contribution in [0.25, 0.3) is 0 Å². The van der Waals surface area contributed by atoms with E-state index >= 15 is 0 Å². The predicted molar refractivity (Wildman–Crippen MR) is 69.6 cm³/mol. The third kappa shape index (κ3) is 4.46. The van der Waals surface area contributed by atoms with E-state index in [1.54, 1.807) is 24.3 Å². The molecule has 1 unspecified atom stereocenters. The lowest BCUT2D eigenvalue weighted by atomic mass is 10.0. The third-order valence-electron chi connectivity index (χ3n) is 2.68. The number of nitrogens with two attached hydrogens (primary N) is 1. The average molecular weight is 256 g/mol. The molecule has 0 amide bonds. The molecule has 1 atom stereocenters. The van der Waals surface area contributed by atoms with Gasteiger partial charge in [-0.2, -0.15) is 0 Å². The molecule has 0 bridgehead atoms. The van der Waals surface area contributed by atoms with Gasteiger partial charge in [0.05, 0.1) is 4.90 Å². The molecule has 0 saturated carbocycles. The molecule has 0 saturated heterocycles. The van der Waals surface area contributed by atoms with Crippen molar-refractivity contribution in [3.05, 3.63) is 29.8 Å². The minimum absolute atomic E-state index is 0.0306. The Morgan fingerprint density at radius 1 is 1.29 bits per heavy atom. The van der Waals surface area contributed by atoms with Gasteiger partial charge in [0.15, 0.2) is 9.84 Å². The quantitative estimate of drug-likeness (QED) is 0.747. The van der Waals surface area contributed by atoms with Gasteiger partial charge in [-0.3, -0.25) is 0 Å². The van der Waals surface area contributed by atoms with Crippen LogP contribution in [-0.4, -0.2) is 28.3 Å². The SMILES string of the molecule is CNCCCC(N)c1ccc(S(C)(=O)=O)cc1. The average Bonchev–Trinajstić information content (AvgIpc) is 2.28. The van der Waals surface area contributed by atoms with Crippen molar-refractivity contribution >= 4 is 9.84 Å². The molecule has 17 heavy (non-hydrogen) atoms. The van der Waals surface area contributed by atoms with E-state index in [0.29, 0.717) is 4.90 Å². The van der Waals surface area contributed by atoms with E-state index in [1.165, 1.54) is 6.26 Å². The van der Waals surface area contributed by atoms with Gasteiger partial charge in [0, 0.05) is 12.3 Å². The zero-order valence-electron chi connectivity index (χ0n) is 10.3. The summed E-state index contributed by atoms with van der Waals surface area (Å²) in [7, 11) is -1.21. The summed E-state index contributed by atoms with van der Waals surface area (Å²) in [6.07, 6.45) is 3.10. The Hall–Kier alpha value is -0.910. The van der Waals surface area contributed by atoms with E-state index in [-0.39, 0.29) is 6.04 Å². The fourth-order valence-corrected chi connectivity index (χ4v) is 2.26. The summed E-state index contributed by atoms with van der Waals surface area (Å²) in [5.74, 6) is 0. The maximum Gasteiger partial charge on any atom is 0.175 e. The minimum atomic E-state index is -3.12. The molecule has 0 aliphatic carbocycles. The van der Waals surface area contributed by atoms with Crippen molar-refractivity contribution in [1.29, 1.82) is 0 Å². The first-order valence-electron chi connectivity index (χ1n) is 5.65. The second-order valence-corrected chi connectivity index (χ2v) is 6.21. The number of benzene rings is 1. The van der Waals surface area contributed by atoms with Gasteiger partial charge < -0.3 is 11.1 Å². The predicted octanol–water partition coefficient (Wildman–Crippen LogP) is 1.09. The number of nitrogens with one attached hydrogen (secondary N) is 1. The van der Waals surface area contributed by atoms with Gasteiger partial charge in [-0.25, -0.2) is 8.42 Å². The van der Waals surface area contributed by atoms with Crippen LogP contribution in [0.2, 0.25) is 0 Å². The van der Waals surface area contributed by atoms with E-state index in [1.807, 2.05) is 7.05 Å². The standard InChI is InChI=1S/C12H20N2O2S/c1-14-9-3-4-12(13)10-5-7-11(8-6-10)17(2,15)16/h5-8,12,14H,3-4,9,13H2,1-2H3. The Bertz CT molecular complexity index is 440. The van der Waals surface area contributed by atoms with Crippen LogP contribution in [0.15, 0.2) is 29.2 Å². The molecule has 0 fully saturated rings. The Morgan fingerprint density at radius 2 is 1.88 bits per heavy atom. The highest BCUT2D eigenvalue weighted by Gasteiger charge is 2.09. The van der Waals surface area contributed by atoms with E-state index in [4.69, 9.17) is 5.73 Å². The minimum Gasteiger partial charge on any atom is -0.324 e. The maximum atomic E-state index is 11.3. The largest absolute Gasteiger partial charge is 0.324 e. The first kappa shape index (κ1) is 14.2. The number of sulfone groups is 1. The van der Waals surface area contributed by atoms with Gasteiger partial charge in [0.2, 0.25) is 0 Å². The van der Waals surface area contributed by atoms with Crippen molar-refractivity contribution in [1.82, 2.24) is 5.32 Å². The lowest BCUT2D eigenvalue weighted by Gasteiger charge is -2.12. The highest BCUT2D eigenvalue weighted by molar-refractivity contribution is 7.90. The fraction of sp³-hybridized carbons (Fsp3) is 0.500. The monoisotopic (exact) mass is 256 g/mol. The maximum absolute atomic E-state index is 11.3. The molecular weight excluding hydrogens is 236 g/mol. The highest BCUT2D eigenvalue weighted by atomic mass is 32.2. The molecule has 0 aliphatic rings. The molecular formula is C12H20N2O2S. The van der Waals surface area contributed by atoms with Gasteiger partial charge in [0.1, 0.15) is 0 Å². The van der Waals surface area contributed by atoms with E-state index < -0.39 is 9.84 Å². The Morgan fingerprint density at radius 3 is 2.35 bits per heavy atom. The van der Waals surface area contributed by atoms with Crippen molar-refractivity contribution in [2.75, 3.05) is 19.8 Å². The van der Waals surface area contributed by atoms with Gasteiger partial charge in [-0.15, -0.1) is 0 Å². The Kier molecular flexibility index (Phi) is 5.11. The highest BCUT2D eigenvalue weighted by Crippen LogP contribution is 2.18. The second kappa shape index (κ2) is 6.14. The molecule has 5 heteroatoms. The van der Waals surface area contributed by atoms with Crippen LogP contribution in [0.3, 0.4) is 0 Å².